The lowest BCUT2D eigenvalue weighted by molar-refractivity contribution is -0.113. The average molecular weight is 397 g/mol. The highest BCUT2D eigenvalue weighted by Gasteiger charge is 2.14. The quantitative estimate of drug-likeness (QED) is 0.599. The molecule has 0 aliphatic rings. The molecule has 3 rings (SSSR count). The summed E-state index contributed by atoms with van der Waals surface area (Å²) in [4.78, 5) is 16.6. The molecule has 0 spiro atoms. The Hall–Kier alpha value is -2.80. The summed E-state index contributed by atoms with van der Waals surface area (Å²) in [5, 5.41) is 10.5. The fourth-order valence-electron chi connectivity index (χ4n) is 2.57. The van der Waals surface area contributed by atoms with Crippen molar-refractivity contribution in [2.75, 3.05) is 18.2 Å². The Balaban J connectivity index is 1.56. The van der Waals surface area contributed by atoms with Gasteiger partial charge in [0, 0.05) is 11.3 Å². The minimum atomic E-state index is -0.115. The third-order valence-electron chi connectivity index (χ3n) is 4.20. The number of anilines is 1. The number of hydrogen-bond donors (Lipinski definition) is 2. The van der Waals surface area contributed by atoms with Gasteiger partial charge in [-0.25, -0.2) is 4.98 Å². The first-order valence-electron chi connectivity index (χ1n) is 8.95. The summed E-state index contributed by atoms with van der Waals surface area (Å²) in [6, 6.07) is 15.5. The molecule has 6 nitrogen and oxygen atoms in total. The van der Waals surface area contributed by atoms with Crippen LogP contribution in [0.25, 0.3) is 11.4 Å². The maximum atomic E-state index is 12.1. The van der Waals surface area contributed by atoms with Gasteiger partial charge >= 0.3 is 0 Å². The van der Waals surface area contributed by atoms with Gasteiger partial charge in [-0.2, -0.15) is 0 Å². The number of aromatic nitrogens is 3. The van der Waals surface area contributed by atoms with Crippen LogP contribution in [-0.4, -0.2) is 34.0 Å². The molecule has 0 fully saturated rings. The summed E-state index contributed by atoms with van der Waals surface area (Å²) >= 11 is 1.29. The number of rotatable bonds is 6. The highest BCUT2D eigenvalue weighted by atomic mass is 32.2. The van der Waals surface area contributed by atoms with Crippen LogP contribution in [0.5, 0.6) is 5.75 Å². The van der Waals surface area contributed by atoms with Crippen molar-refractivity contribution in [3.8, 4) is 17.1 Å². The van der Waals surface area contributed by atoms with Crippen molar-refractivity contribution in [2.45, 2.75) is 31.3 Å². The van der Waals surface area contributed by atoms with Crippen LogP contribution in [0.1, 0.15) is 26.3 Å². The first-order valence-corrected chi connectivity index (χ1v) is 9.94. The molecule has 1 amide bonds. The Labute approximate surface area is 169 Å². The monoisotopic (exact) mass is 396 g/mol. The number of carbonyl (C=O) groups excluding carboxylic acids is 1. The van der Waals surface area contributed by atoms with Crippen molar-refractivity contribution in [1.29, 1.82) is 0 Å². The Morgan fingerprint density at radius 2 is 1.79 bits per heavy atom. The van der Waals surface area contributed by atoms with Crippen LogP contribution in [0.2, 0.25) is 0 Å². The van der Waals surface area contributed by atoms with E-state index < -0.39 is 0 Å². The second kappa shape index (κ2) is 8.48. The van der Waals surface area contributed by atoms with E-state index in [0.29, 0.717) is 11.0 Å². The van der Waals surface area contributed by atoms with E-state index in [1.165, 1.54) is 17.3 Å². The first-order chi connectivity index (χ1) is 13.3. The molecule has 0 bridgehead atoms. The van der Waals surface area contributed by atoms with E-state index in [1.807, 2.05) is 12.1 Å². The second-order valence-corrected chi connectivity index (χ2v) is 8.30. The number of carbonyl (C=O) groups is 1. The van der Waals surface area contributed by atoms with Crippen LogP contribution < -0.4 is 10.1 Å². The van der Waals surface area contributed by atoms with E-state index in [1.54, 1.807) is 31.4 Å². The number of methoxy groups -OCH3 is 1. The minimum Gasteiger partial charge on any atom is -0.497 e. The van der Waals surface area contributed by atoms with Crippen LogP contribution in [0, 0.1) is 0 Å². The van der Waals surface area contributed by atoms with Gasteiger partial charge in [0.1, 0.15) is 5.75 Å². The molecule has 28 heavy (non-hydrogen) atoms. The molecule has 0 aliphatic carbocycles. The molecule has 0 unspecified atom stereocenters. The topological polar surface area (TPSA) is 79.9 Å². The molecule has 0 radical (unpaired) electrons. The van der Waals surface area contributed by atoms with Crippen molar-refractivity contribution in [3.63, 3.8) is 0 Å². The Morgan fingerprint density at radius 3 is 2.39 bits per heavy atom. The maximum Gasteiger partial charge on any atom is 0.234 e. The minimum absolute atomic E-state index is 0.109. The maximum absolute atomic E-state index is 12.1. The smallest absolute Gasteiger partial charge is 0.234 e. The van der Waals surface area contributed by atoms with Gasteiger partial charge in [0.2, 0.25) is 11.1 Å². The van der Waals surface area contributed by atoms with E-state index >= 15 is 0 Å². The number of ether oxygens (including phenoxy) is 1. The van der Waals surface area contributed by atoms with E-state index in [9.17, 15) is 4.79 Å². The van der Waals surface area contributed by atoms with Crippen molar-refractivity contribution in [1.82, 2.24) is 15.2 Å². The summed E-state index contributed by atoms with van der Waals surface area (Å²) in [6.07, 6.45) is 0. The van der Waals surface area contributed by atoms with Gasteiger partial charge in [-0.15, -0.1) is 5.10 Å². The van der Waals surface area contributed by atoms with Gasteiger partial charge < -0.3 is 10.1 Å². The lowest BCUT2D eigenvalue weighted by Gasteiger charge is -2.18. The molecule has 1 heterocycles. The molecule has 7 heteroatoms. The van der Waals surface area contributed by atoms with Crippen molar-refractivity contribution in [2.24, 2.45) is 0 Å². The lowest BCUT2D eigenvalue weighted by Crippen LogP contribution is -2.14. The number of aromatic amines is 1. The molecule has 2 aromatic carbocycles. The zero-order valence-corrected chi connectivity index (χ0v) is 17.3. The van der Waals surface area contributed by atoms with Crippen LogP contribution in [0.15, 0.2) is 53.7 Å². The van der Waals surface area contributed by atoms with Gasteiger partial charge in [-0.1, -0.05) is 56.8 Å². The molecule has 1 aromatic heterocycles. The third-order valence-corrected chi connectivity index (χ3v) is 5.04. The SMILES string of the molecule is COc1ccc(NC(=O)CSc2n[nH]c(-c3ccc(C(C)(C)C)cc3)n2)cc1. The summed E-state index contributed by atoms with van der Waals surface area (Å²) in [6.45, 7) is 6.55. The standard InChI is InChI=1S/C21H24N4O2S/c1-21(2,3)15-7-5-14(6-8-15)19-23-20(25-24-19)28-13-18(26)22-16-9-11-17(27-4)12-10-16/h5-12H,13H2,1-4H3,(H,22,26)(H,23,24,25). The van der Waals surface area contributed by atoms with Crippen LogP contribution in [0.3, 0.4) is 0 Å². The molecule has 2 N–H and O–H groups in total. The number of H-pyrrole nitrogens is 1. The fraction of sp³-hybridized carbons (Fsp3) is 0.286. The van der Waals surface area contributed by atoms with E-state index in [-0.39, 0.29) is 17.1 Å². The normalized spacial score (nSPS) is 11.3. The van der Waals surface area contributed by atoms with E-state index in [0.717, 1.165) is 17.0 Å². The largest absolute Gasteiger partial charge is 0.497 e. The molecular formula is C21H24N4O2S. The lowest BCUT2D eigenvalue weighted by atomic mass is 9.87. The molecule has 146 valence electrons. The first kappa shape index (κ1) is 19.9. The Kier molecular flexibility index (Phi) is 6.04. The van der Waals surface area contributed by atoms with Gasteiger partial charge in [-0.05, 0) is 35.2 Å². The zero-order chi connectivity index (χ0) is 20.1. The van der Waals surface area contributed by atoms with Crippen LogP contribution in [-0.2, 0) is 10.2 Å². The van der Waals surface area contributed by atoms with Gasteiger partial charge in [0.05, 0.1) is 12.9 Å². The summed E-state index contributed by atoms with van der Waals surface area (Å²) in [5.74, 6) is 1.55. The molecule has 0 atom stereocenters. The van der Waals surface area contributed by atoms with Crippen molar-refractivity contribution < 1.29 is 9.53 Å². The molecule has 0 aliphatic heterocycles. The summed E-state index contributed by atoms with van der Waals surface area (Å²) in [5.41, 5.74) is 3.06. The highest BCUT2D eigenvalue weighted by Crippen LogP contribution is 2.25. The van der Waals surface area contributed by atoms with Gasteiger partial charge in [0.15, 0.2) is 5.82 Å². The number of amides is 1. The number of nitrogens with one attached hydrogen (secondary N) is 2. The van der Waals surface area contributed by atoms with Crippen molar-refractivity contribution in [3.05, 3.63) is 54.1 Å². The molecule has 0 saturated heterocycles. The van der Waals surface area contributed by atoms with Crippen LogP contribution >= 0.6 is 11.8 Å². The predicted molar refractivity (Wildman–Crippen MR) is 113 cm³/mol. The second-order valence-electron chi connectivity index (χ2n) is 7.36. The Bertz CT molecular complexity index is 928. The Morgan fingerprint density at radius 1 is 1.11 bits per heavy atom. The third kappa shape index (κ3) is 5.13. The highest BCUT2D eigenvalue weighted by molar-refractivity contribution is 7.99. The molecule has 0 saturated carbocycles. The average Bonchev–Trinajstić information content (AvgIpc) is 3.15. The fourth-order valence-corrected chi connectivity index (χ4v) is 3.17. The van der Waals surface area contributed by atoms with E-state index in [2.05, 4.69) is 53.4 Å². The molecule has 3 aromatic rings. The van der Waals surface area contributed by atoms with Crippen LogP contribution in [0.4, 0.5) is 5.69 Å². The van der Waals surface area contributed by atoms with Crippen molar-refractivity contribution >= 4 is 23.4 Å². The predicted octanol–water partition coefficient (Wildman–Crippen LogP) is 4.51. The number of nitrogens with zero attached hydrogens (tertiary/aromatic N) is 2. The number of benzene rings is 2. The summed E-state index contributed by atoms with van der Waals surface area (Å²) < 4.78 is 5.10. The molecular weight excluding hydrogens is 372 g/mol. The summed E-state index contributed by atoms with van der Waals surface area (Å²) in [7, 11) is 1.61. The van der Waals surface area contributed by atoms with Gasteiger partial charge in [0.25, 0.3) is 0 Å². The zero-order valence-electron chi connectivity index (χ0n) is 16.4. The number of thioether (sulfide) groups is 1. The van der Waals surface area contributed by atoms with E-state index in [4.69, 9.17) is 4.74 Å². The number of hydrogen-bond acceptors (Lipinski definition) is 5. The van der Waals surface area contributed by atoms with Gasteiger partial charge in [-0.3, -0.25) is 9.89 Å².